The molecule has 390 valence electrons. The van der Waals surface area contributed by atoms with E-state index in [2.05, 4.69) is 142 Å². The summed E-state index contributed by atoms with van der Waals surface area (Å²) >= 11 is 0. The van der Waals surface area contributed by atoms with Crippen LogP contribution in [0.5, 0.6) is 0 Å². The second-order valence-corrected chi connectivity index (χ2v) is 18.1. The molecular formula is C63H102O6. The largest absolute Gasteiger partial charge is 0.462 e. The molecule has 0 aliphatic carbocycles. The minimum Gasteiger partial charge on any atom is -0.462 e. The Balaban J connectivity index is 4.25. The van der Waals surface area contributed by atoms with Crippen LogP contribution in [-0.4, -0.2) is 37.2 Å². The van der Waals surface area contributed by atoms with Crippen LogP contribution >= 0.6 is 0 Å². The Kier molecular flexibility index (Phi) is 53.0. The lowest BCUT2D eigenvalue weighted by molar-refractivity contribution is -0.167. The summed E-state index contributed by atoms with van der Waals surface area (Å²) in [5.41, 5.74) is 0. The highest BCUT2D eigenvalue weighted by molar-refractivity contribution is 5.71. The van der Waals surface area contributed by atoms with E-state index in [1.807, 2.05) is 0 Å². The first-order valence-electron chi connectivity index (χ1n) is 28.0. The summed E-state index contributed by atoms with van der Waals surface area (Å²) in [6.07, 6.45) is 78.0. The summed E-state index contributed by atoms with van der Waals surface area (Å²) < 4.78 is 16.7. The van der Waals surface area contributed by atoms with Crippen molar-refractivity contribution >= 4 is 17.9 Å². The van der Waals surface area contributed by atoms with E-state index in [1.54, 1.807) is 0 Å². The third-order valence-corrected chi connectivity index (χ3v) is 11.5. The number of esters is 3. The molecule has 0 heterocycles. The molecule has 0 amide bonds. The first-order chi connectivity index (χ1) is 34.0. The fourth-order valence-electron chi connectivity index (χ4n) is 7.25. The summed E-state index contributed by atoms with van der Waals surface area (Å²) in [7, 11) is 0. The van der Waals surface area contributed by atoms with E-state index in [4.69, 9.17) is 14.2 Å². The normalized spacial score (nSPS) is 13.0. The molecule has 0 aromatic heterocycles. The molecule has 0 aromatic rings. The summed E-state index contributed by atoms with van der Waals surface area (Å²) in [6.45, 7) is 6.38. The number of hydrogen-bond donors (Lipinski definition) is 0. The monoisotopic (exact) mass is 955 g/mol. The Morgan fingerprint density at radius 2 is 0.565 bits per heavy atom. The number of carbonyl (C=O) groups excluding carboxylic acids is 3. The molecule has 0 saturated carbocycles. The zero-order valence-electron chi connectivity index (χ0n) is 44.5. The molecule has 0 aliphatic rings. The van der Waals surface area contributed by atoms with Gasteiger partial charge in [-0.15, -0.1) is 0 Å². The topological polar surface area (TPSA) is 78.9 Å². The van der Waals surface area contributed by atoms with Crippen molar-refractivity contribution in [3.05, 3.63) is 122 Å². The van der Waals surface area contributed by atoms with Gasteiger partial charge in [-0.1, -0.05) is 226 Å². The van der Waals surface area contributed by atoms with Crippen LogP contribution < -0.4 is 0 Å². The van der Waals surface area contributed by atoms with E-state index < -0.39 is 6.10 Å². The average molecular weight is 956 g/mol. The molecule has 0 bridgehead atoms. The summed E-state index contributed by atoms with van der Waals surface area (Å²) in [6, 6.07) is 0. The molecule has 1 atom stereocenters. The van der Waals surface area contributed by atoms with Crippen LogP contribution in [0.2, 0.25) is 0 Å². The molecule has 0 saturated heterocycles. The first-order valence-corrected chi connectivity index (χ1v) is 28.0. The van der Waals surface area contributed by atoms with E-state index in [0.29, 0.717) is 19.3 Å². The van der Waals surface area contributed by atoms with E-state index in [-0.39, 0.29) is 31.1 Å². The van der Waals surface area contributed by atoms with Crippen molar-refractivity contribution in [1.82, 2.24) is 0 Å². The van der Waals surface area contributed by atoms with Crippen LogP contribution in [0.1, 0.15) is 239 Å². The molecule has 0 rings (SSSR count). The number of rotatable bonds is 49. The van der Waals surface area contributed by atoms with Gasteiger partial charge in [-0.25, -0.2) is 0 Å². The van der Waals surface area contributed by atoms with Crippen molar-refractivity contribution < 1.29 is 28.6 Å². The summed E-state index contributed by atoms with van der Waals surface area (Å²) in [5, 5.41) is 0. The lowest BCUT2D eigenvalue weighted by atomic mass is 10.1. The fraction of sp³-hybridized carbons (Fsp3) is 0.635. The smallest absolute Gasteiger partial charge is 0.306 e. The van der Waals surface area contributed by atoms with E-state index >= 15 is 0 Å². The maximum atomic E-state index is 12.8. The molecule has 69 heavy (non-hydrogen) atoms. The van der Waals surface area contributed by atoms with Crippen molar-refractivity contribution in [3.8, 4) is 0 Å². The predicted octanol–water partition coefficient (Wildman–Crippen LogP) is 18.9. The van der Waals surface area contributed by atoms with Crippen molar-refractivity contribution in [2.75, 3.05) is 13.2 Å². The summed E-state index contributed by atoms with van der Waals surface area (Å²) in [5.74, 6) is -0.964. The predicted molar refractivity (Wildman–Crippen MR) is 297 cm³/mol. The van der Waals surface area contributed by atoms with Gasteiger partial charge < -0.3 is 14.2 Å². The van der Waals surface area contributed by atoms with Crippen molar-refractivity contribution in [3.63, 3.8) is 0 Å². The zero-order valence-corrected chi connectivity index (χ0v) is 44.5. The van der Waals surface area contributed by atoms with Gasteiger partial charge in [0.05, 0.1) is 0 Å². The maximum Gasteiger partial charge on any atom is 0.306 e. The second kappa shape index (κ2) is 56.4. The van der Waals surface area contributed by atoms with Crippen LogP contribution in [0.25, 0.3) is 0 Å². The molecular weight excluding hydrogens is 853 g/mol. The Morgan fingerprint density at radius 1 is 0.304 bits per heavy atom. The first kappa shape index (κ1) is 64.8. The number of carbonyl (C=O) groups is 3. The quantitative estimate of drug-likeness (QED) is 0.0262. The minimum atomic E-state index is -0.799. The molecule has 0 radical (unpaired) electrons. The zero-order chi connectivity index (χ0) is 50.0. The average Bonchev–Trinajstić information content (AvgIpc) is 3.35. The van der Waals surface area contributed by atoms with Crippen molar-refractivity contribution in [1.29, 1.82) is 0 Å². The van der Waals surface area contributed by atoms with Crippen LogP contribution in [0.4, 0.5) is 0 Å². The van der Waals surface area contributed by atoms with Gasteiger partial charge in [0, 0.05) is 19.3 Å². The molecule has 0 fully saturated rings. The van der Waals surface area contributed by atoms with E-state index in [9.17, 15) is 14.4 Å². The number of unbranched alkanes of at least 4 members (excludes halogenated alkanes) is 18. The molecule has 0 N–H and O–H groups in total. The lowest BCUT2D eigenvalue weighted by Gasteiger charge is -2.18. The summed E-state index contributed by atoms with van der Waals surface area (Å²) in [4.78, 5) is 37.8. The van der Waals surface area contributed by atoms with Gasteiger partial charge in [0.25, 0.3) is 0 Å². The lowest BCUT2D eigenvalue weighted by Crippen LogP contribution is -2.30. The van der Waals surface area contributed by atoms with Crippen LogP contribution in [0, 0.1) is 0 Å². The van der Waals surface area contributed by atoms with Crippen LogP contribution in [0.15, 0.2) is 122 Å². The SMILES string of the molecule is CC/C=C\C/C=C\C/C=C\C/C=C\C/C=C\C/C=C\C/C=C\CCCCCC(=O)OCC(COC(=O)CCCCCCC)OC(=O)CCCCCCCC/C=C\C/C=C\C/C=C\CCCCCCC. The third-order valence-electron chi connectivity index (χ3n) is 11.5. The van der Waals surface area contributed by atoms with Crippen molar-refractivity contribution in [2.24, 2.45) is 0 Å². The van der Waals surface area contributed by atoms with Gasteiger partial charge in [-0.05, 0) is 116 Å². The van der Waals surface area contributed by atoms with Gasteiger partial charge in [-0.3, -0.25) is 14.4 Å². The Hall–Kier alpha value is -4.19. The van der Waals surface area contributed by atoms with Gasteiger partial charge in [-0.2, -0.15) is 0 Å². The molecule has 0 spiro atoms. The van der Waals surface area contributed by atoms with Crippen LogP contribution in [-0.2, 0) is 28.6 Å². The standard InChI is InChI=1S/C63H102O6/c1-4-7-10-13-15-17-19-21-23-25-27-29-30-31-32-34-35-37-39-41-43-45-47-50-53-56-62(65)68-59-60(58-67-61(64)55-52-49-12-9-6-3)69-63(66)57-54-51-48-46-44-42-40-38-36-33-28-26-24-22-20-18-16-14-11-8-5-2/h7,10,15,17,20-23,26-29,31-32,35-38,41,43,60H,4-6,8-9,11-14,16,18-19,24-25,30,33-34,39-40,42,44-59H2,1-3H3/b10-7-,17-15-,22-20-,23-21-,28-26-,29-27-,32-31-,37-35-,38-36-,43-41-. The molecule has 0 aromatic carbocycles. The van der Waals surface area contributed by atoms with Gasteiger partial charge in [0.2, 0.25) is 0 Å². The Labute approximate surface area is 424 Å². The maximum absolute atomic E-state index is 12.8. The van der Waals surface area contributed by atoms with Gasteiger partial charge in [0.1, 0.15) is 13.2 Å². The third kappa shape index (κ3) is 54.6. The molecule has 6 heteroatoms. The van der Waals surface area contributed by atoms with Gasteiger partial charge in [0.15, 0.2) is 6.10 Å². The highest BCUT2D eigenvalue weighted by Crippen LogP contribution is 2.13. The molecule has 1 unspecified atom stereocenters. The number of allylic oxidation sites excluding steroid dienone is 20. The molecule has 0 aliphatic heterocycles. The molecule has 6 nitrogen and oxygen atoms in total. The Bertz CT molecular complexity index is 1470. The second-order valence-electron chi connectivity index (χ2n) is 18.1. The van der Waals surface area contributed by atoms with E-state index in [0.717, 1.165) is 148 Å². The highest BCUT2D eigenvalue weighted by atomic mass is 16.6. The fourth-order valence-corrected chi connectivity index (χ4v) is 7.25. The van der Waals surface area contributed by atoms with Gasteiger partial charge >= 0.3 is 17.9 Å². The number of hydrogen-bond acceptors (Lipinski definition) is 6. The van der Waals surface area contributed by atoms with Crippen LogP contribution in [0.3, 0.4) is 0 Å². The number of ether oxygens (including phenoxy) is 3. The van der Waals surface area contributed by atoms with E-state index in [1.165, 1.54) is 51.4 Å². The van der Waals surface area contributed by atoms with Crippen molar-refractivity contribution in [2.45, 2.75) is 245 Å². The highest BCUT2D eigenvalue weighted by Gasteiger charge is 2.19. The minimum absolute atomic E-state index is 0.0981. The Morgan fingerprint density at radius 3 is 0.899 bits per heavy atom.